The van der Waals surface area contributed by atoms with Gasteiger partial charge >= 0.3 is 0 Å². The monoisotopic (exact) mass is 284 g/mol. The van der Waals surface area contributed by atoms with E-state index in [-0.39, 0.29) is 17.6 Å². The van der Waals surface area contributed by atoms with Crippen LogP contribution in [0.4, 0.5) is 5.69 Å². The van der Waals surface area contributed by atoms with Gasteiger partial charge in [0.15, 0.2) is 5.78 Å². The Balaban J connectivity index is 2.16. The molecule has 3 nitrogen and oxygen atoms in total. The van der Waals surface area contributed by atoms with Crippen molar-refractivity contribution in [3.63, 3.8) is 0 Å². The molecule has 2 atom stereocenters. The van der Waals surface area contributed by atoms with Crippen molar-refractivity contribution >= 4 is 11.5 Å². The lowest BCUT2D eigenvalue weighted by Crippen LogP contribution is -2.24. The average molecular weight is 284 g/mol. The smallest absolute Gasteiger partial charge is 0.170 e. The van der Waals surface area contributed by atoms with Gasteiger partial charge in [0, 0.05) is 51.1 Å². The third-order valence-electron chi connectivity index (χ3n) is 3.96. The van der Waals surface area contributed by atoms with E-state index in [1.54, 1.807) is 0 Å². The van der Waals surface area contributed by atoms with Crippen molar-refractivity contribution < 1.29 is 4.79 Å². The SMILES string of the molecule is CC1C=C(N(C)C)C=CC1C(=O)c1ccc(N(C)C)cc1. The molecule has 1 aromatic rings. The van der Waals surface area contributed by atoms with Gasteiger partial charge in [-0.2, -0.15) is 0 Å². The number of likely N-dealkylation sites (N-methyl/N-ethyl adjacent to an activating group) is 1. The maximum Gasteiger partial charge on any atom is 0.170 e. The summed E-state index contributed by atoms with van der Waals surface area (Å²) < 4.78 is 0. The molecule has 0 bridgehead atoms. The molecule has 0 saturated carbocycles. The van der Waals surface area contributed by atoms with E-state index in [4.69, 9.17) is 0 Å². The molecular weight excluding hydrogens is 260 g/mol. The van der Waals surface area contributed by atoms with Gasteiger partial charge in [-0.15, -0.1) is 0 Å². The molecule has 0 radical (unpaired) electrons. The number of carbonyl (C=O) groups is 1. The quantitative estimate of drug-likeness (QED) is 0.793. The molecule has 1 aliphatic carbocycles. The van der Waals surface area contributed by atoms with Gasteiger partial charge in [-0.05, 0) is 36.3 Å². The highest BCUT2D eigenvalue weighted by atomic mass is 16.1. The fourth-order valence-electron chi connectivity index (χ4n) is 2.55. The maximum atomic E-state index is 12.7. The molecule has 0 N–H and O–H groups in total. The van der Waals surface area contributed by atoms with Crippen LogP contribution in [-0.2, 0) is 0 Å². The number of nitrogens with zero attached hydrogens (tertiary/aromatic N) is 2. The number of rotatable bonds is 4. The summed E-state index contributed by atoms with van der Waals surface area (Å²) in [5, 5.41) is 0. The van der Waals surface area contributed by atoms with Crippen molar-refractivity contribution in [2.45, 2.75) is 6.92 Å². The number of anilines is 1. The van der Waals surface area contributed by atoms with E-state index in [0.29, 0.717) is 0 Å². The van der Waals surface area contributed by atoms with Crippen molar-refractivity contribution in [3.8, 4) is 0 Å². The molecule has 0 aromatic heterocycles. The largest absolute Gasteiger partial charge is 0.378 e. The molecule has 1 aromatic carbocycles. The topological polar surface area (TPSA) is 23.6 Å². The Morgan fingerprint density at radius 1 is 1.00 bits per heavy atom. The predicted molar refractivity (Wildman–Crippen MR) is 88.7 cm³/mol. The first-order valence-corrected chi connectivity index (χ1v) is 7.29. The van der Waals surface area contributed by atoms with Crippen LogP contribution >= 0.6 is 0 Å². The maximum absolute atomic E-state index is 12.7. The molecule has 112 valence electrons. The first-order valence-electron chi connectivity index (χ1n) is 7.29. The summed E-state index contributed by atoms with van der Waals surface area (Å²) in [4.78, 5) is 16.8. The zero-order chi connectivity index (χ0) is 15.6. The average Bonchev–Trinajstić information content (AvgIpc) is 2.46. The minimum atomic E-state index is -0.0705. The zero-order valence-electron chi connectivity index (χ0n) is 13.5. The molecule has 0 fully saturated rings. The van der Waals surface area contributed by atoms with E-state index in [2.05, 4.69) is 17.9 Å². The Bertz CT molecular complexity index is 567. The van der Waals surface area contributed by atoms with Gasteiger partial charge in [0.25, 0.3) is 0 Å². The lowest BCUT2D eigenvalue weighted by molar-refractivity contribution is 0.0925. The highest BCUT2D eigenvalue weighted by molar-refractivity contribution is 5.99. The van der Waals surface area contributed by atoms with Gasteiger partial charge in [-0.1, -0.05) is 19.1 Å². The first-order chi connectivity index (χ1) is 9.90. The van der Waals surface area contributed by atoms with Gasteiger partial charge in [-0.25, -0.2) is 0 Å². The lowest BCUT2D eigenvalue weighted by atomic mass is 9.83. The highest BCUT2D eigenvalue weighted by Gasteiger charge is 2.25. The summed E-state index contributed by atoms with van der Waals surface area (Å²) in [5.41, 5.74) is 3.05. The Hall–Kier alpha value is -2.03. The van der Waals surface area contributed by atoms with Crippen molar-refractivity contribution in [1.29, 1.82) is 0 Å². The fraction of sp³-hybridized carbons (Fsp3) is 0.389. The summed E-state index contributed by atoms with van der Waals surface area (Å²) in [6.45, 7) is 2.10. The summed E-state index contributed by atoms with van der Waals surface area (Å²) in [6.07, 6.45) is 6.23. The molecule has 1 aliphatic rings. The van der Waals surface area contributed by atoms with E-state index < -0.39 is 0 Å². The second-order valence-corrected chi connectivity index (χ2v) is 6.04. The van der Waals surface area contributed by atoms with Crippen LogP contribution in [0.3, 0.4) is 0 Å². The van der Waals surface area contributed by atoms with Crippen LogP contribution in [0.25, 0.3) is 0 Å². The van der Waals surface area contributed by atoms with Gasteiger partial charge in [-0.3, -0.25) is 4.79 Å². The Labute approximate surface area is 127 Å². The van der Waals surface area contributed by atoms with Crippen molar-refractivity contribution in [3.05, 3.63) is 53.8 Å². The van der Waals surface area contributed by atoms with Gasteiger partial charge < -0.3 is 9.80 Å². The summed E-state index contributed by atoms with van der Waals surface area (Å²) in [7, 11) is 8.03. The van der Waals surface area contributed by atoms with E-state index in [0.717, 1.165) is 16.9 Å². The third-order valence-corrected chi connectivity index (χ3v) is 3.96. The number of carbonyl (C=O) groups excluding carboxylic acids is 1. The van der Waals surface area contributed by atoms with Crippen LogP contribution in [0.1, 0.15) is 17.3 Å². The highest BCUT2D eigenvalue weighted by Crippen LogP contribution is 2.27. The number of allylic oxidation sites excluding steroid dienone is 3. The van der Waals surface area contributed by atoms with Crippen molar-refractivity contribution in [2.75, 3.05) is 33.1 Å². The van der Waals surface area contributed by atoms with Crippen molar-refractivity contribution in [2.24, 2.45) is 11.8 Å². The summed E-state index contributed by atoms with van der Waals surface area (Å²) in [5.74, 6) is 0.338. The molecule has 0 saturated heterocycles. The van der Waals surface area contributed by atoms with Crippen LogP contribution in [0.5, 0.6) is 0 Å². The van der Waals surface area contributed by atoms with Gasteiger partial charge in [0.2, 0.25) is 0 Å². The standard InChI is InChI=1S/C18H24N2O/c1-13-12-16(20(4)5)10-11-17(13)18(21)14-6-8-15(9-7-14)19(2)3/h6-13,17H,1-5H3. The van der Waals surface area contributed by atoms with E-state index in [1.807, 2.05) is 69.5 Å². The minimum Gasteiger partial charge on any atom is -0.378 e. The van der Waals surface area contributed by atoms with E-state index in [1.165, 1.54) is 0 Å². The number of Topliss-reactive ketones (excluding diaryl/α,β-unsaturated/α-hetero) is 1. The fourth-order valence-corrected chi connectivity index (χ4v) is 2.55. The second kappa shape index (κ2) is 6.17. The number of ketones is 1. The molecule has 3 heteroatoms. The number of hydrogen-bond donors (Lipinski definition) is 0. The zero-order valence-corrected chi connectivity index (χ0v) is 13.5. The molecular formula is C18H24N2O. The second-order valence-electron chi connectivity index (χ2n) is 6.04. The molecule has 0 amide bonds. The predicted octanol–water partition coefficient (Wildman–Crippen LogP) is 3.20. The molecule has 21 heavy (non-hydrogen) atoms. The lowest BCUT2D eigenvalue weighted by Gasteiger charge is -2.25. The van der Waals surface area contributed by atoms with Crippen LogP contribution in [-0.4, -0.2) is 38.9 Å². The van der Waals surface area contributed by atoms with Gasteiger partial charge in [0.1, 0.15) is 0 Å². The summed E-state index contributed by atoms with van der Waals surface area (Å²) >= 11 is 0. The molecule has 2 unspecified atom stereocenters. The number of benzene rings is 1. The van der Waals surface area contributed by atoms with Crippen LogP contribution in [0.2, 0.25) is 0 Å². The number of hydrogen-bond acceptors (Lipinski definition) is 3. The van der Waals surface area contributed by atoms with Crippen LogP contribution in [0.15, 0.2) is 48.2 Å². The Morgan fingerprint density at radius 2 is 1.62 bits per heavy atom. The Kier molecular flexibility index (Phi) is 4.51. The summed E-state index contributed by atoms with van der Waals surface area (Å²) in [6, 6.07) is 7.82. The molecule has 2 rings (SSSR count). The van der Waals surface area contributed by atoms with Crippen molar-refractivity contribution in [1.82, 2.24) is 4.90 Å². The molecule has 0 aliphatic heterocycles. The van der Waals surface area contributed by atoms with E-state index in [9.17, 15) is 4.79 Å². The van der Waals surface area contributed by atoms with Crippen LogP contribution < -0.4 is 4.90 Å². The third kappa shape index (κ3) is 3.35. The first kappa shape index (κ1) is 15.4. The Morgan fingerprint density at radius 3 is 2.10 bits per heavy atom. The van der Waals surface area contributed by atoms with E-state index >= 15 is 0 Å². The van der Waals surface area contributed by atoms with Gasteiger partial charge in [0.05, 0.1) is 0 Å². The molecule has 0 heterocycles. The molecule has 0 spiro atoms. The normalized spacial score (nSPS) is 20.9. The minimum absolute atomic E-state index is 0.0705. The van der Waals surface area contributed by atoms with Crippen LogP contribution in [0, 0.1) is 11.8 Å².